The zero-order valence-electron chi connectivity index (χ0n) is 10.7. The highest BCUT2D eigenvalue weighted by Gasteiger charge is 2.26. The third-order valence-electron chi connectivity index (χ3n) is 3.68. The highest BCUT2D eigenvalue weighted by atomic mass is 16.5. The van der Waals surface area contributed by atoms with Crippen molar-refractivity contribution in [3.8, 4) is 0 Å². The molecule has 2 heteroatoms. The molecule has 0 aromatic heterocycles. The molecule has 90 valence electrons. The molecule has 1 rings (SSSR count). The van der Waals surface area contributed by atoms with Crippen molar-refractivity contribution in [2.24, 2.45) is 17.6 Å². The molecule has 0 saturated heterocycles. The first-order valence-corrected chi connectivity index (χ1v) is 6.40. The van der Waals surface area contributed by atoms with Gasteiger partial charge in [-0.2, -0.15) is 0 Å². The van der Waals surface area contributed by atoms with Crippen LogP contribution in [-0.2, 0) is 4.74 Å². The van der Waals surface area contributed by atoms with Gasteiger partial charge in [0.1, 0.15) is 0 Å². The fourth-order valence-electron chi connectivity index (χ4n) is 2.53. The van der Waals surface area contributed by atoms with Crippen LogP contribution < -0.4 is 5.73 Å². The van der Waals surface area contributed by atoms with Crippen molar-refractivity contribution in [1.82, 2.24) is 0 Å². The fraction of sp³-hybridized carbons (Fsp3) is 1.00. The lowest BCUT2D eigenvalue weighted by Crippen LogP contribution is -2.31. The van der Waals surface area contributed by atoms with Crippen LogP contribution in [0.1, 0.15) is 53.4 Å². The minimum atomic E-state index is 0.250. The summed E-state index contributed by atoms with van der Waals surface area (Å²) in [5.74, 6) is 1.68. The summed E-state index contributed by atoms with van der Waals surface area (Å²) in [5.41, 5.74) is 5.77. The van der Waals surface area contributed by atoms with E-state index in [0.717, 1.165) is 18.3 Å². The second-order valence-electron chi connectivity index (χ2n) is 5.55. The minimum Gasteiger partial charge on any atom is -0.375 e. The highest BCUT2D eigenvalue weighted by Crippen LogP contribution is 2.31. The summed E-state index contributed by atoms with van der Waals surface area (Å²) in [6.45, 7) is 8.89. The second kappa shape index (κ2) is 5.86. The van der Waals surface area contributed by atoms with Gasteiger partial charge in [-0.1, -0.05) is 13.8 Å². The molecule has 0 spiro atoms. The van der Waals surface area contributed by atoms with Crippen molar-refractivity contribution in [3.63, 3.8) is 0 Å². The first-order chi connectivity index (χ1) is 6.99. The van der Waals surface area contributed by atoms with Crippen LogP contribution in [0.15, 0.2) is 0 Å². The van der Waals surface area contributed by atoms with E-state index < -0.39 is 0 Å². The van der Waals surface area contributed by atoms with Gasteiger partial charge in [0, 0.05) is 6.04 Å². The summed E-state index contributed by atoms with van der Waals surface area (Å²) >= 11 is 0. The Morgan fingerprint density at radius 2 is 1.87 bits per heavy atom. The van der Waals surface area contributed by atoms with E-state index in [0.29, 0.717) is 12.2 Å². The molecule has 5 atom stereocenters. The zero-order chi connectivity index (χ0) is 11.4. The van der Waals surface area contributed by atoms with E-state index in [1.54, 1.807) is 0 Å². The molecule has 1 aliphatic carbocycles. The topological polar surface area (TPSA) is 35.2 Å². The predicted octanol–water partition coefficient (Wildman–Crippen LogP) is 2.95. The lowest BCUT2D eigenvalue weighted by Gasteiger charge is -2.33. The Bertz CT molecular complexity index is 181. The number of hydrogen-bond acceptors (Lipinski definition) is 2. The van der Waals surface area contributed by atoms with Crippen LogP contribution in [0, 0.1) is 11.8 Å². The summed E-state index contributed by atoms with van der Waals surface area (Å²) < 4.78 is 6.04. The van der Waals surface area contributed by atoms with E-state index in [9.17, 15) is 0 Å². The van der Waals surface area contributed by atoms with Crippen LogP contribution in [0.2, 0.25) is 0 Å². The summed E-state index contributed by atoms with van der Waals surface area (Å²) in [6.07, 6.45) is 5.54. The smallest absolute Gasteiger partial charge is 0.0581 e. The van der Waals surface area contributed by atoms with E-state index in [1.807, 2.05) is 6.92 Å². The van der Waals surface area contributed by atoms with Gasteiger partial charge in [-0.3, -0.25) is 0 Å². The standard InChI is InChI=1S/C13H27NO/c1-9-5-6-13(7-10(9)2)15-12(4)8-11(3)14/h9-13H,5-8,14H2,1-4H3. The van der Waals surface area contributed by atoms with Gasteiger partial charge < -0.3 is 10.5 Å². The third-order valence-corrected chi connectivity index (χ3v) is 3.68. The molecule has 0 aromatic carbocycles. The predicted molar refractivity (Wildman–Crippen MR) is 64.8 cm³/mol. The molecule has 0 radical (unpaired) electrons. The monoisotopic (exact) mass is 213 g/mol. The van der Waals surface area contributed by atoms with Crippen LogP contribution in [0.3, 0.4) is 0 Å². The average Bonchev–Trinajstić information content (AvgIpc) is 2.10. The average molecular weight is 213 g/mol. The van der Waals surface area contributed by atoms with Crippen LogP contribution in [0.25, 0.3) is 0 Å². The second-order valence-corrected chi connectivity index (χ2v) is 5.55. The van der Waals surface area contributed by atoms with Gasteiger partial charge in [0.15, 0.2) is 0 Å². The molecule has 0 aromatic rings. The Balaban J connectivity index is 2.27. The van der Waals surface area contributed by atoms with Gasteiger partial charge in [0.2, 0.25) is 0 Å². The molecule has 1 saturated carbocycles. The summed E-state index contributed by atoms with van der Waals surface area (Å²) in [5, 5.41) is 0. The molecule has 2 N–H and O–H groups in total. The minimum absolute atomic E-state index is 0.250. The summed E-state index contributed by atoms with van der Waals surface area (Å²) in [4.78, 5) is 0. The molecule has 2 nitrogen and oxygen atoms in total. The Kier molecular flexibility index (Phi) is 5.07. The molecular formula is C13H27NO. The SMILES string of the molecule is CC(N)CC(C)OC1CCC(C)C(C)C1. The molecule has 0 bridgehead atoms. The zero-order valence-corrected chi connectivity index (χ0v) is 10.7. The number of nitrogens with two attached hydrogens (primary N) is 1. The Labute approximate surface area is 94.6 Å². The van der Waals surface area contributed by atoms with Gasteiger partial charge in [0.25, 0.3) is 0 Å². The Morgan fingerprint density at radius 1 is 1.20 bits per heavy atom. The van der Waals surface area contributed by atoms with Crippen LogP contribution >= 0.6 is 0 Å². The quantitative estimate of drug-likeness (QED) is 0.779. The first-order valence-electron chi connectivity index (χ1n) is 6.40. The van der Waals surface area contributed by atoms with E-state index in [1.165, 1.54) is 19.3 Å². The van der Waals surface area contributed by atoms with Crippen molar-refractivity contribution >= 4 is 0 Å². The molecule has 0 aliphatic heterocycles. The number of ether oxygens (including phenoxy) is 1. The molecule has 15 heavy (non-hydrogen) atoms. The van der Waals surface area contributed by atoms with Gasteiger partial charge in [-0.15, -0.1) is 0 Å². The maximum absolute atomic E-state index is 6.04. The molecule has 0 amide bonds. The number of hydrogen-bond donors (Lipinski definition) is 1. The van der Waals surface area contributed by atoms with Crippen molar-refractivity contribution in [3.05, 3.63) is 0 Å². The van der Waals surface area contributed by atoms with Crippen molar-refractivity contribution in [1.29, 1.82) is 0 Å². The molecular weight excluding hydrogens is 186 g/mol. The van der Waals surface area contributed by atoms with Crippen molar-refractivity contribution in [2.75, 3.05) is 0 Å². The van der Waals surface area contributed by atoms with Crippen LogP contribution in [0.4, 0.5) is 0 Å². The molecule has 0 heterocycles. The maximum atomic E-state index is 6.04. The normalized spacial score (nSPS) is 36.2. The molecule has 1 fully saturated rings. The lowest BCUT2D eigenvalue weighted by atomic mass is 9.80. The molecule has 5 unspecified atom stereocenters. The van der Waals surface area contributed by atoms with Gasteiger partial charge in [-0.25, -0.2) is 0 Å². The third kappa shape index (κ3) is 4.52. The van der Waals surface area contributed by atoms with Gasteiger partial charge >= 0.3 is 0 Å². The van der Waals surface area contributed by atoms with Crippen LogP contribution in [-0.4, -0.2) is 18.2 Å². The van der Waals surface area contributed by atoms with Crippen molar-refractivity contribution in [2.45, 2.75) is 71.6 Å². The Morgan fingerprint density at radius 3 is 2.40 bits per heavy atom. The number of rotatable bonds is 4. The Hall–Kier alpha value is -0.0800. The lowest BCUT2D eigenvalue weighted by molar-refractivity contribution is -0.0438. The highest BCUT2D eigenvalue weighted by molar-refractivity contribution is 4.76. The van der Waals surface area contributed by atoms with Gasteiger partial charge in [-0.05, 0) is 51.4 Å². The van der Waals surface area contributed by atoms with E-state index in [-0.39, 0.29) is 6.04 Å². The molecule has 1 aliphatic rings. The fourth-order valence-corrected chi connectivity index (χ4v) is 2.53. The van der Waals surface area contributed by atoms with E-state index >= 15 is 0 Å². The van der Waals surface area contributed by atoms with Gasteiger partial charge in [0.05, 0.1) is 12.2 Å². The summed E-state index contributed by atoms with van der Waals surface area (Å²) in [6, 6.07) is 0.250. The van der Waals surface area contributed by atoms with Crippen LogP contribution in [0.5, 0.6) is 0 Å². The van der Waals surface area contributed by atoms with Crippen molar-refractivity contribution < 1.29 is 4.74 Å². The first kappa shape index (κ1) is 13.0. The summed E-state index contributed by atoms with van der Waals surface area (Å²) in [7, 11) is 0. The van der Waals surface area contributed by atoms with E-state index in [4.69, 9.17) is 10.5 Å². The maximum Gasteiger partial charge on any atom is 0.0581 e. The van der Waals surface area contributed by atoms with E-state index in [2.05, 4.69) is 20.8 Å². The largest absolute Gasteiger partial charge is 0.375 e.